The van der Waals surface area contributed by atoms with Crippen molar-refractivity contribution in [1.29, 1.82) is 0 Å². The second-order valence-electron chi connectivity index (χ2n) is 5.53. The van der Waals surface area contributed by atoms with E-state index in [1.807, 2.05) is 13.0 Å². The largest absolute Gasteiger partial charge is 0.491 e. The smallest absolute Gasteiger partial charge is 0.274 e. The molecular weight excluding hydrogens is 299 g/mol. The molecule has 0 aromatic heterocycles. The number of rotatable bonds is 2. The van der Waals surface area contributed by atoms with Gasteiger partial charge in [0.2, 0.25) is 0 Å². The lowest BCUT2D eigenvalue weighted by Crippen LogP contribution is -2.34. The average Bonchev–Trinajstić information content (AvgIpc) is 2.73. The summed E-state index contributed by atoms with van der Waals surface area (Å²) in [6, 6.07) is 11.5. The summed E-state index contributed by atoms with van der Waals surface area (Å²) in [5, 5.41) is 8.72. The van der Waals surface area contributed by atoms with E-state index in [-0.39, 0.29) is 11.9 Å². The molecule has 0 unspecified atom stereocenters. The first-order valence-electron chi connectivity index (χ1n) is 7.31. The van der Waals surface area contributed by atoms with Crippen molar-refractivity contribution in [3.8, 4) is 5.75 Å². The highest BCUT2D eigenvalue weighted by molar-refractivity contribution is 5.93. The summed E-state index contributed by atoms with van der Waals surface area (Å²) in [5.74, 6) is -0.275. The average molecular weight is 316 g/mol. The third-order valence-corrected chi connectivity index (χ3v) is 3.92. The molecule has 3 rings (SSSR count). The van der Waals surface area contributed by atoms with E-state index >= 15 is 0 Å². The Labute approximate surface area is 133 Å². The van der Waals surface area contributed by atoms with Crippen molar-refractivity contribution < 1.29 is 19.1 Å². The molecule has 6 heteroatoms. The van der Waals surface area contributed by atoms with Crippen molar-refractivity contribution in [3.05, 3.63) is 59.4 Å². The maximum Gasteiger partial charge on any atom is 0.274 e. The van der Waals surface area contributed by atoms with Crippen molar-refractivity contribution in [2.24, 2.45) is 0 Å². The van der Waals surface area contributed by atoms with Crippen LogP contribution in [0, 0.1) is 5.82 Å². The summed E-state index contributed by atoms with van der Waals surface area (Å²) in [4.78, 5) is 13.6. The van der Waals surface area contributed by atoms with Gasteiger partial charge in [-0.05, 0) is 37.3 Å². The van der Waals surface area contributed by atoms with Gasteiger partial charge in [0.15, 0.2) is 0 Å². The van der Waals surface area contributed by atoms with Crippen molar-refractivity contribution in [2.75, 3.05) is 11.5 Å². The number of halogens is 1. The number of amides is 1. The highest BCUT2D eigenvalue weighted by Crippen LogP contribution is 2.30. The monoisotopic (exact) mass is 316 g/mol. The maximum absolute atomic E-state index is 13.5. The first kappa shape index (κ1) is 15.3. The number of ether oxygens (including phenoxy) is 1. The minimum absolute atomic E-state index is 0.0410. The lowest BCUT2D eigenvalue weighted by molar-refractivity contribution is 0.0706. The third-order valence-electron chi connectivity index (χ3n) is 3.92. The van der Waals surface area contributed by atoms with Crippen LogP contribution in [0.15, 0.2) is 42.5 Å². The molecule has 0 radical (unpaired) electrons. The number of nitrogens with one attached hydrogen (secondary N) is 1. The molecule has 1 aliphatic heterocycles. The number of hydrogen-bond acceptors (Lipinski definition) is 4. The quantitative estimate of drug-likeness (QED) is 0.660. The third kappa shape index (κ3) is 3.12. The molecule has 1 atom stereocenters. The minimum Gasteiger partial charge on any atom is -0.491 e. The first-order chi connectivity index (χ1) is 11.1. The topological polar surface area (TPSA) is 61.8 Å². The Balaban J connectivity index is 1.94. The summed E-state index contributed by atoms with van der Waals surface area (Å²) < 4.78 is 19.3. The number of hydroxylamine groups is 1. The van der Waals surface area contributed by atoms with Gasteiger partial charge in [-0.2, -0.15) is 0 Å². The van der Waals surface area contributed by atoms with Crippen molar-refractivity contribution in [2.45, 2.75) is 19.5 Å². The number of carbonyl (C=O) groups excluding carboxylic acids is 1. The van der Waals surface area contributed by atoms with Gasteiger partial charge in [-0.1, -0.05) is 12.1 Å². The van der Waals surface area contributed by atoms with Crippen LogP contribution in [0.4, 0.5) is 10.1 Å². The van der Waals surface area contributed by atoms with Crippen LogP contribution in [0.5, 0.6) is 5.75 Å². The maximum atomic E-state index is 13.5. The molecule has 0 aliphatic carbocycles. The Bertz CT molecular complexity index is 736. The zero-order chi connectivity index (χ0) is 16.4. The van der Waals surface area contributed by atoms with Crippen LogP contribution in [-0.2, 0) is 6.54 Å². The Morgan fingerprint density at radius 3 is 2.91 bits per heavy atom. The summed E-state index contributed by atoms with van der Waals surface area (Å²) in [6.45, 7) is 2.95. The van der Waals surface area contributed by atoms with E-state index in [0.717, 1.165) is 11.3 Å². The Kier molecular flexibility index (Phi) is 4.16. The molecule has 1 aliphatic rings. The zero-order valence-corrected chi connectivity index (χ0v) is 12.6. The number of nitrogens with zero attached hydrogens (tertiary/aromatic N) is 1. The van der Waals surface area contributed by atoms with Crippen LogP contribution < -0.4 is 15.1 Å². The second kappa shape index (κ2) is 6.26. The van der Waals surface area contributed by atoms with Crippen LogP contribution in [0.3, 0.4) is 0 Å². The van der Waals surface area contributed by atoms with Gasteiger partial charge in [0, 0.05) is 23.4 Å². The normalized spacial score (nSPS) is 17.0. The Morgan fingerprint density at radius 2 is 2.17 bits per heavy atom. The fourth-order valence-electron chi connectivity index (χ4n) is 2.67. The fourth-order valence-corrected chi connectivity index (χ4v) is 2.67. The predicted molar refractivity (Wildman–Crippen MR) is 83.2 cm³/mol. The van der Waals surface area contributed by atoms with E-state index in [9.17, 15) is 9.18 Å². The number of benzene rings is 2. The summed E-state index contributed by atoms with van der Waals surface area (Å²) in [6.07, 6.45) is 0. The minimum atomic E-state index is -0.587. The molecule has 1 amide bonds. The molecule has 0 bridgehead atoms. The van der Waals surface area contributed by atoms with Gasteiger partial charge in [0.05, 0.1) is 6.04 Å². The molecule has 2 aromatic rings. The highest BCUT2D eigenvalue weighted by atomic mass is 19.1. The lowest BCUT2D eigenvalue weighted by atomic mass is 10.1. The van der Waals surface area contributed by atoms with Crippen molar-refractivity contribution in [3.63, 3.8) is 0 Å². The van der Waals surface area contributed by atoms with Crippen molar-refractivity contribution >= 4 is 11.6 Å². The lowest BCUT2D eigenvalue weighted by Gasteiger charge is -2.28. The van der Waals surface area contributed by atoms with E-state index in [4.69, 9.17) is 9.94 Å². The predicted octanol–water partition coefficient (Wildman–Crippen LogP) is 2.73. The number of hydrogen-bond donors (Lipinski definition) is 2. The fraction of sp³-hybridized carbons (Fsp3) is 0.235. The standard InChI is InChI=1S/C17H17FN2O3/c1-11-10-23-16-7-12(17(21)19-22)5-6-13(16)9-20(11)15-4-2-3-14(18)8-15/h2-8,11,22H,9-10H2,1H3,(H,19,21)/t11-/m1/s1. The van der Waals surface area contributed by atoms with E-state index in [0.29, 0.717) is 24.5 Å². The summed E-state index contributed by atoms with van der Waals surface area (Å²) in [7, 11) is 0. The highest BCUT2D eigenvalue weighted by Gasteiger charge is 2.23. The van der Waals surface area contributed by atoms with Gasteiger partial charge in [0.25, 0.3) is 5.91 Å². The molecule has 5 nitrogen and oxygen atoms in total. The molecule has 120 valence electrons. The van der Waals surface area contributed by atoms with Crippen LogP contribution >= 0.6 is 0 Å². The van der Waals surface area contributed by atoms with E-state index in [2.05, 4.69) is 4.90 Å². The van der Waals surface area contributed by atoms with Crippen LogP contribution in [0.2, 0.25) is 0 Å². The summed E-state index contributed by atoms with van der Waals surface area (Å²) in [5.41, 5.74) is 3.60. The van der Waals surface area contributed by atoms with Gasteiger partial charge >= 0.3 is 0 Å². The molecule has 1 heterocycles. The van der Waals surface area contributed by atoms with E-state index in [1.54, 1.807) is 29.7 Å². The van der Waals surface area contributed by atoms with Crippen LogP contribution in [-0.4, -0.2) is 23.8 Å². The molecule has 0 spiro atoms. The van der Waals surface area contributed by atoms with Crippen LogP contribution in [0.25, 0.3) is 0 Å². The van der Waals surface area contributed by atoms with E-state index in [1.165, 1.54) is 12.1 Å². The van der Waals surface area contributed by atoms with Gasteiger partial charge in [-0.15, -0.1) is 0 Å². The second-order valence-corrected chi connectivity index (χ2v) is 5.53. The van der Waals surface area contributed by atoms with Gasteiger partial charge in [-0.3, -0.25) is 10.0 Å². The van der Waals surface area contributed by atoms with Gasteiger partial charge in [-0.25, -0.2) is 9.87 Å². The molecule has 0 fully saturated rings. The molecular formula is C17H17FN2O3. The van der Waals surface area contributed by atoms with Gasteiger partial charge < -0.3 is 9.64 Å². The zero-order valence-electron chi connectivity index (χ0n) is 12.6. The number of carbonyl (C=O) groups is 1. The van der Waals surface area contributed by atoms with E-state index < -0.39 is 5.91 Å². The molecule has 0 saturated carbocycles. The molecule has 23 heavy (non-hydrogen) atoms. The number of fused-ring (bicyclic) bond motifs is 1. The Hall–Kier alpha value is -2.60. The SMILES string of the molecule is C[C@@H]1COc2cc(C(=O)NO)ccc2CN1c1cccc(F)c1. The van der Waals surface area contributed by atoms with Crippen LogP contribution in [0.1, 0.15) is 22.8 Å². The first-order valence-corrected chi connectivity index (χ1v) is 7.31. The summed E-state index contributed by atoms with van der Waals surface area (Å²) >= 11 is 0. The molecule has 2 aromatic carbocycles. The number of anilines is 1. The Morgan fingerprint density at radius 1 is 1.35 bits per heavy atom. The van der Waals surface area contributed by atoms with Crippen molar-refractivity contribution in [1.82, 2.24) is 5.48 Å². The molecule has 0 saturated heterocycles. The molecule has 2 N–H and O–H groups in total. The van der Waals surface area contributed by atoms with Gasteiger partial charge in [0.1, 0.15) is 18.2 Å².